The Morgan fingerprint density at radius 3 is 1.30 bits per heavy atom. The molecule has 0 saturated heterocycles. The lowest BCUT2D eigenvalue weighted by molar-refractivity contribution is 0.651. The number of fused-ring (bicyclic) bond motifs is 11. The molecule has 0 fully saturated rings. The topological polar surface area (TPSA) is 32.8 Å². The second-order valence-electron chi connectivity index (χ2n) is 22.8. The molecule has 2 heterocycles. The highest BCUT2D eigenvalue weighted by molar-refractivity contribution is 6.25. The fourth-order valence-corrected chi connectivity index (χ4v) is 12.2. The number of para-hydroxylation sites is 2. The molecule has 0 unspecified atom stereocenters. The molecule has 0 N–H and O–H groups in total. The molecule has 10 aromatic carbocycles. The first kappa shape index (κ1) is 48.1. The van der Waals surface area contributed by atoms with Gasteiger partial charge in [0.25, 0.3) is 0 Å². The zero-order chi connectivity index (χ0) is 53.0. The van der Waals surface area contributed by atoms with Crippen LogP contribution >= 0.6 is 0 Å². The molecule has 0 bridgehead atoms. The highest BCUT2D eigenvalue weighted by Gasteiger charge is 2.43. The summed E-state index contributed by atoms with van der Waals surface area (Å²) in [6.07, 6.45) is 0. The van der Waals surface area contributed by atoms with Gasteiger partial charge in [0.1, 0.15) is 16.7 Å². The third kappa shape index (κ3) is 7.87. The maximum absolute atomic E-state index is 7.37. The summed E-state index contributed by atoms with van der Waals surface area (Å²) in [5.41, 5.74) is 26.3. The van der Waals surface area contributed by atoms with Gasteiger partial charge in [0.2, 0.25) is 0 Å². The quantitative estimate of drug-likeness (QED) is 0.137. The van der Waals surface area contributed by atoms with Crippen LogP contribution in [0.2, 0.25) is 0 Å². The maximum Gasteiger partial charge on any atom is 0.160 e. The van der Waals surface area contributed by atoms with E-state index in [1.54, 1.807) is 0 Å². The largest absolute Gasteiger partial charge is 0.455 e. The Balaban J connectivity index is 1.11. The number of hydrogen-bond acceptors (Lipinski definition) is 4. The van der Waals surface area contributed by atoms with Gasteiger partial charge in [0, 0.05) is 55.5 Å². The van der Waals surface area contributed by atoms with Crippen LogP contribution in [0.25, 0.3) is 77.3 Å². The molecule has 1 aliphatic rings. The second kappa shape index (κ2) is 18.3. The molecular formula is C73H64N2O2. The van der Waals surface area contributed by atoms with Gasteiger partial charge in [-0.1, -0.05) is 174 Å². The van der Waals surface area contributed by atoms with Crippen LogP contribution in [-0.4, -0.2) is 0 Å². The zero-order valence-electron chi connectivity index (χ0n) is 45.8. The molecule has 0 aliphatic heterocycles. The van der Waals surface area contributed by atoms with Crippen LogP contribution in [0.15, 0.2) is 203 Å². The van der Waals surface area contributed by atoms with Crippen LogP contribution in [0.1, 0.15) is 97.9 Å². The molecule has 77 heavy (non-hydrogen) atoms. The van der Waals surface area contributed by atoms with Crippen molar-refractivity contribution in [3.05, 3.63) is 239 Å². The predicted molar refractivity (Wildman–Crippen MR) is 326 cm³/mol. The van der Waals surface area contributed by atoms with E-state index in [1.165, 1.54) is 66.8 Å². The standard InChI is InChI=1S/C73H64N2O2/c1-43(2)49-29-35-53(36-30-49)74(55-33-23-47(7)59(39-55)51-25-19-45(5)20-26-51)63-41-62-70(72-67(63)57-15-11-13-17-65(57)77-72)69-61(73(62,9)10)42-64(71-68(69)58-16-12-14-18-66(58)76-71)75(54-37-31-50(32-38-54)44(3)4)56-34-24-48(8)60(40-56)52-27-21-46(6)22-28-52/h11-44H,1-10H3. The van der Waals surface area contributed by atoms with Crippen LogP contribution in [-0.2, 0) is 5.41 Å². The van der Waals surface area contributed by atoms with Gasteiger partial charge in [-0.05, 0) is 168 Å². The second-order valence-corrected chi connectivity index (χ2v) is 22.8. The van der Waals surface area contributed by atoms with Crippen molar-refractivity contribution in [2.75, 3.05) is 9.80 Å². The summed E-state index contributed by atoms with van der Waals surface area (Å²) in [5.74, 6) is 0.786. The third-order valence-corrected chi connectivity index (χ3v) is 16.7. The van der Waals surface area contributed by atoms with Crippen LogP contribution in [0.3, 0.4) is 0 Å². The average molecular weight is 1000 g/mol. The number of furan rings is 2. The molecule has 0 atom stereocenters. The van der Waals surface area contributed by atoms with Gasteiger partial charge in [-0.25, -0.2) is 0 Å². The highest BCUT2D eigenvalue weighted by atomic mass is 16.3. The number of benzene rings is 10. The van der Waals surface area contributed by atoms with Crippen LogP contribution < -0.4 is 9.80 Å². The smallest absolute Gasteiger partial charge is 0.160 e. The molecule has 0 amide bonds. The van der Waals surface area contributed by atoms with Crippen molar-refractivity contribution in [1.29, 1.82) is 0 Å². The minimum atomic E-state index is -0.505. The summed E-state index contributed by atoms with van der Waals surface area (Å²) < 4.78 is 14.7. The molecule has 1 aliphatic carbocycles. The van der Waals surface area contributed by atoms with Crippen molar-refractivity contribution in [3.8, 4) is 33.4 Å². The number of anilines is 6. The molecule has 12 aromatic rings. The lowest BCUT2D eigenvalue weighted by Crippen LogP contribution is -2.18. The van der Waals surface area contributed by atoms with Gasteiger partial charge in [0.05, 0.1) is 16.8 Å². The van der Waals surface area contributed by atoms with Crippen molar-refractivity contribution in [2.24, 2.45) is 0 Å². The fraction of sp³-hybridized carbons (Fsp3) is 0.178. The van der Waals surface area contributed by atoms with E-state index in [2.05, 4.69) is 273 Å². The van der Waals surface area contributed by atoms with Crippen LogP contribution in [0, 0.1) is 27.7 Å². The van der Waals surface area contributed by atoms with Crippen molar-refractivity contribution in [3.63, 3.8) is 0 Å². The third-order valence-electron chi connectivity index (χ3n) is 16.7. The van der Waals surface area contributed by atoms with Crippen LogP contribution in [0.5, 0.6) is 0 Å². The van der Waals surface area contributed by atoms with E-state index in [4.69, 9.17) is 8.83 Å². The summed E-state index contributed by atoms with van der Waals surface area (Å²) in [7, 11) is 0. The molecule has 2 aromatic heterocycles. The van der Waals surface area contributed by atoms with Crippen molar-refractivity contribution in [1.82, 2.24) is 0 Å². The Morgan fingerprint density at radius 1 is 0.390 bits per heavy atom. The summed E-state index contributed by atoms with van der Waals surface area (Å²) in [6.45, 7) is 22.6. The normalized spacial score (nSPS) is 12.9. The fourth-order valence-electron chi connectivity index (χ4n) is 12.2. The molecule has 0 spiro atoms. The van der Waals surface area contributed by atoms with Gasteiger partial charge >= 0.3 is 0 Å². The molecule has 13 rings (SSSR count). The summed E-state index contributed by atoms with van der Waals surface area (Å²) >= 11 is 0. The molecule has 4 nitrogen and oxygen atoms in total. The number of rotatable bonds is 10. The van der Waals surface area contributed by atoms with E-state index in [-0.39, 0.29) is 0 Å². The molecular weight excluding hydrogens is 937 g/mol. The lowest BCUT2D eigenvalue weighted by Gasteiger charge is -2.30. The summed E-state index contributed by atoms with van der Waals surface area (Å²) in [4.78, 5) is 4.91. The monoisotopic (exact) mass is 1000 g/mol. The number of hydrogen-bond donors (Lipinski definition) is 0. The molecule has 0 saturated carbocycles. The number of aryl methyl sites for hydroxylation is 4. The first-order valence-electron chi connectivity index (χ1n) is 27.4. The predicted octanol–water partition coefficient (Wildman–Crippen LogP) is 21.5. The van der Waals surface area contributed by atoms with Crippen molar-refractivity contribution in [2.45, 2.75) is 86.5 Å². The lowest BCUT2D eigenvalue weighted by atomic mass is 9.81. The SMILES string of the molecule is Cc1ccc(-c2cc(N(c3ccc(C(C)C)cc3)c3cc4c(c5c3oc3ccccc35)-c3c(cc(N(c5ccc(C(C)C)cc5)c5ccc(C)c(-c6ccc(C)cc6)c5)c5c3oc3ccccc35)C4(C)C)ccc2C)cc1. The van der Waals surface area contributed by atoms with Gasteiger partial charge < -0.3 is 18.6 Å². The summed E-state index contributed by atoms with van der Waals surface area (Å²) in [5, 5.41) is 4.32. The minimum Gasteiger partial charge on any atom is -0.455 e. The molecule has 0 radical (unpaired) electrons. The Kier molecular flexibility index (Phi) is 11.4. The van der Waals surface area contributed by atoms with E-state index in [1.807, 2.05) is 0 Å². The van der Waals surface area contributed by atoms with Gasteiger partial charge in [0.15, 0.2) is 5.58 Å². The Morgan fingerprint density at radius 2 is 0.805 bits per heavy atom. The van der Waals surface area contributed by atoms with Gasteiger partial charge in [-0.2, -0.15) is 0 Å². The Bertz CT molecular complexity index is 4260. The van der Waals surface area contributed by atoms with E-state index in [9.17, 15) is 0 Å². The van der Waals surface area contributed by atoms with Crippen molar-refractivity contribution >= 4 is 78.0 Å². The number of nitrogens with zero attached hydrogens (tertiary/aromatic N) is 2. The average Bonchev–Trinajstić information content (AvgIpc) is 4.13. The van der Waals surface area contributed by atoms with E-state index in [0.29, 0.717) is 11.8 Å². The molecule has 4 heteroatoms. The Labute approximate surface area is 452 Å². The van der Waals surface area contributed by atoms with E-state index < -0.39 is 5.41 Å². The van der Waals surface area contributed by atoms with Crippen LogP contribution in [0.4, 0.5) is 34.1 Å². The first-order chi connectivity index (χ1) is 37.2. The summed E-state index contributed by atoms with van der Waals surface area (Å²) in [6, 6.07) is 72.0. The van der Waals surface area contributed by atoms with Gasteiger partial charge in [-0.15, -0.1) is 0 Å². The van der Waals surface area contributed by atoms with E-state index >= 15 is 0 Å². The Hall–Kier alpha value is -8.60. The van der Waals surface area contributed by atoms with Gasteiger partial charge in [-0.3, -0.25) is 0 Å². The van der Waals surface area contributed by atoms with Crippen molar-refractivity contribution < 1.29 is 8.83 Å². The minimum absolute atomic E-state index is 0.392. The maximum atomic E-state index is 7.37. The first-order valence-corrected chi connectivity index (χ1v) is 27.4. The molecule has 378 valence electrons. The zero-order valence-corrected chi connectivity index (χ0v) is 45.8. The highest BCUT2D eigenvalue weighted by Crippen LogP contribution is 2.61. The van der Waals surface area contributed by atoms with E-state index in [0.717, 1.165) is 89.1 Å².